The number of carbonyl (C=O) groups is 1. The van der Waals surface area contributed by atoms with E-state index >= 15 is 0 Å². The van der Waals surface area contributed by atoms with Crippen LogP contribution in [0, 0.1) is 5.92 Å². The molecule has 0 bridgehead atoms. The van der Waals surface area contributed by atoms with Crippen molar-refractivity contribution in [3.05, 3.63) is 30.1 Å². The zero-order valence-electron chi connectivity index (χ0n) is 10.9. The van der Waals surface area contributed by atoms with Gasteiger partial charge in [-0.05, 0) is 30.9 Å². The monoisotopic (exact) mass is 262 g/mol. The molecule has 0 spiro atoms. The maximum absolute atomic E-state index is 11.1. The smallest absolute Gasteiger partial charge is 0.337 e. The molecule has 2 N–H and O–H groups in total. The van der Waals surface area contributed by atoms with Gasteiger partial charge in [0, 0.05) is 13.2 Å². The van der Waals surface area contributed by atoms with E-state index in [9.17, 15) is 4.79 Å². The normalized spacial score (nSPS) is 12.7. The summed E-state index contributed by atoms with van der Waals surface area (Å²) >= 11 is 0. The highest BCUT2D eigenvalue weighted by Crippen LogP contribution is 2.18. The molecule has 5 nitrogen and oxygen atoms in total. The number of benzene rings is 1. The Kier molecular flexibility index (Phi) is 4.16. The van der Waals surface area contributed by atoms with E-state index in [2.05, 4.69) is 4.98 Å². The van der Waals surface area contributed by atoms with E-state index in [-0.39, 0.29) is 12.2 Å². The van der Waals surface area contributed by atoms with Crippen LogP contribution in [0.5, 0.6) is 0 Å². The van der Waals surface area contributed by atoms with Crippen molar-refractivity contribution < 1.29 is 15.0 Å². The van der Waals surface area contributed by atoms with Crippen molar-refractivity contribution in [2.24, 2.45) is 5.92 Å². The van der Waals surface area contributed by atoms with Crippen LogP contribution < -0.4 is 0 Å². The number of aromatic carboxylic acids is 1. The van der Waals surface area contributed by atoms with Gasteiger partial charge >= 0.3 is 5.97 Å². The SMILES string of the molecule is CC(CO)CCCn1cnc2c(C(=O)O)cccc21. The number of hydrogen-bond donors (Lipinski definition) is 2. The fraction of sp³-hybridized carbons (Fsp3) is 0.429. The summed E-state index contributed by atoms with van der Waals surface area (Å²) in [6.45, 7) is 2.99. The van der Waals surface area contributed by atoms with E-state index in [4.69, 9.17) is 10.2 Å². The molecular weight excluding hydrogens is 244 g/mol. The Morgan fingerprint density at radius 3 is 2.95 bits per heavy atom. The molecule has 2 rings (SSSR count). The number of aliphatic hydroxyl groups is 1. The predicted molar refractivity (Wildman–Crippen MR) is 72.2 cm³/mol. The summed E-state index contributed by atoms with van der Waals surface area (Å²) in [7, 11) is 0. The van der Waals surface area contributed by atoms with Crippen molar-refractivity contribution in [3.63, 3.8) is 0 Å². The zero-order valence-corrected chi connectivity index (χ0v) is 10.9. The maximum Gasteiger partial charge on any atom is 0.337 e. The van der Waals surface area contributed by atoms with Gasteiger partial charge in [0.2, 0.25) is 0 Å². The second kappa shape index (κ2) is 5.84. The summed E-state index contributed by atoms with van der Waals surface area (Å²) in [6.07, 6.45) is 3.56. The van der Waals surface area contributed by atoms with E-state index < -0.39 is 5.97 Å². The Morgan fingerprint density at radius 2 is 2.26 bits per heavy atom. The van der Waals surface area contributed by atoms with Gasteiger partial charge in [0.15, 0.2) is 0 Å². The van der Waals surface area contributed by atoms with E-state index in [1.807, 2.05) is 17.6 Å². The molecule has 1 aromatic carbocycles. The first-order valence-electron chi connectivity index (χ1n) is 6.41. The molecule has 102 valence electrons. The molecule has 0 radical (unpaired) electrons. The summed E-state index contributed by atoms with van der Waals surface area (Å²) in [4.78, 5) is 15.3. The van der Waals surface area contributed by atoms with Crippen molar-refractivity contribution in [3.8, 4) is 0 Å². The Balaban J connectivity index is 2.17. The van der Waals surface area contributed by atoms with Crippen LogP contribution in [0.3, 0.4) is 0 Å². The number of para-hydroxylation sites is 1. The molecule has 0 saturated heterocycles. The van der Waals surface area contributed by atoms with Crippen molar-refractivity contribution in [2.45, 2.75) is 26.3 Å². The predicted octanol–water partition coefficient (Wildman–Crippen LogP) is 2.14. The molecule has 1 unspecified atom stereocenters. The lowest BCUT2D eigenvalue weighted by atomic mass is 10.1. The highest BCUT2D eigenvalue weighted by atomic mass is 16.4. The summed E-state index contributed by atoms with van der Waals surface area (Å²) in [5.41, 5.74) is 1.61. The lowest BCUT2D eigenvalue weighted by molar-refractivity contribution is 0.0699. The average Bonchev–Trinajstić information content (AvgIpc) is 2.81. The van der Waals surface area contributed by atoms with Gasteiger partial charge in [-0.15, -0.1) is 0 Å². The van der Waals surface area contributed by atoms with Crippen molar-refractivity contribution >= 4 is 17.0 Å². The third-order valence-electron chi connectivity index (χ3n) is 3.29. The molecule has 1 aromatic heterocycles. The molecule has 0 aliphatic carbocycles. The molecule has 2 aromatic rings. The molecule has 1 heterocycles. The highest BCUT2D eigenvalue weighted by Gasteiger charge is 2.12. The number of aliphatic hydroxyl groups excluding tert-OH is 1. The third kappa shape index (κ3) is 2.93. The lowest BCUT2D eigenvalue weighted by Gasteiger charge is -2.08. The summed E-state index contributed by atoms with van der Waals surface area (Å²) < 4.78 is 1.96. The number of carboxylic acids is 1. The van der Waals surface area contributed by atoms with Gasteiger partial charge in [-0.3, -0.25) is 0 Å². The molecule has 0 fully saturated rings. The van der Waals surface area contributed by atoms with Gasteiger partial charge in [0.1, 0.15) is 5.52 Å². The minimum absolute atomic E-state index is 0.202. The first-order valence-corrected chi connectivity index (χ1v) is 6.41. The molecule has 1 atom stereocenters. The molecule has 0 aliphatic heterocycles. The molecule has 19 heavy (non-hydrogen) atoms. The standard InChI is InChI=1S/C14H18N2O3/c1-10(8-17)4-3-7-16-9-15-13-11(14(18)19)5-2-6-12(13)16/h2,5-6,9-10,17H,3-4,7-8H2,1H3,(H,18,19). The first kappa shape index (κ1) is 13.5. The average molecular weight is 262 g/mol. The van der Waals surface area contributed by atoms with Crippen LogP contribution in [0.2, 0.25) is 0 Å². The molecule has 0 aliphatic rings. The van der Waals surface area contributed by atoms with Crippen LogP contribution in [0.15, 0.2) is 24.5 Å². The van der Waals surface area contributed by atoms with E-state index in [0.717, 1.165) is 24.9 Å². The number of hydrogen-bond acceptors (Lipinski definition) is 3. The number of imidazole rings is 1. The van der Waals surface area contributed by atoms with Crippen LogP contribution in [0.4, 0.5) is 0 Å². The zero-order chi connectivity index (χ0) is 13.8. The Hall–Kier alpha value is -1.88. The van der Waals surface area contributed by atoms with Gasteiger partial charge in [-0.2, -0.15) is 0 Å². The summed E-state index contributed by atoms with van der Waals surface area (Å²) in [6, 6.07) is 5.18. The largest absolute Gasteiger partial charge is 0.478 e. The lowest BCUT2D eigenvalue weighted by Crippen LogP contribution is -2.04. The quantitative estimate of drug-likeness (QED) is 0.836. The number of rotatable bonds is 6. The number of nitrogens with zero attached hydrogens (tertiary/aromatic N) is 2. The fourth-order valence-corrected chi connectivity index (χ4v) is 2.14. The van der Waals surface area contributed by atoms with Gasteiger partial charge in [-0.1, -0.05) is 13.0 Å². The van der Waals surface area contributed by atoms with Crippen LogP contribution >= 0.6 is 0 Å². The summed E-state index contributed by atoms with van der Waals surface area (Å²) in [5, 5.41) is 18.1. The number of fused-ring (bicyclic) bond motifs is 1. The Bertz CT molecular complexity index is 577. The second-order valence-corrected chi connectivity index (χ2v) is 4.85. The minimum atomic E-state index is -0.954. The van der Waals surface area contributed by atoms with Gasteiger partial charge < -0.3 is 14.8 Å². The fourth-order valence-electron chi connectivity index (χ4n) is 2.14. The number of carboxylic acid groups (broad SMARTS) is 1. The number of aromatic nitrogens is 2. The van der Waals surface area contributed by atoms with Crippen molar-refractivity contribution in [2.75, 3.05) is 6.61 Å². The van der Waals surface area contributed by atoms with Crippen LogP contribution in [0.1, 0.15) is 30.1 Å². The first-order chi connectivity index (χ1) is 9.13. The molecular formula is C14H18N2O3. The van der Waals surface area contributed by atoms with Crippen LogP contribution in [0.25, 0.3) is 11.0 Å². The molecule has 0 saturated carbocycles. The second-order valence-electron chi connectivity index (χ2n) is 4.85. The topological polar surface area (TPSA) is 75.3 Å². The van der Waals surface area contributed by atoms with Gasteiger partial charge in [0.05, 0.1) is 17.4 Å². The Labute approximate surface area is 111 Å². The van der Waals surface area contributed by atoms with Crippen molar-refractivity contribution in [1.29, 1.82) is 0 Å². The van der Waals surface area contributed by atoms with E-state index in [0.29, 0.717) is 11.4 Å². The summed E-state index contributed by atoms with van der Waals surface area (Å²) in [5.74, 6) is -0.658. The molecule has 5 heteroatoms. The van der Waals surface area contributed by atoms with E-state index in [1.54, 1.807) is 18.5 Å². The third-order valence-corrected chi connectivity index (χ3v) is 3.29. The van der Waals surface area contributed by atoms with Crippen molar-refractivity contribution in [1.82, 2.24) is 9.55 Å². The highest BCUT2D eigenvalue weighted by molar-refractivity contribution is 6.00. The van der Waals surface area contributed by atoms with Gasteiger partial charge in [-0.25, -0.2) is 9.78 Å². The Morgan fingerprint density at radius 1 is 1.47 bits per heavy atom. The van der Waals surface area contributed by atoms with E-state index in [1.165, 1.54) is 0 Å². The van der Waals surface area contributed by atoms with Gasteiger partial charge in [0.25, 0.3) is 0 Å². The number of aryl methyl sites for hydroxylation is 1. The maximum atomic E-state index is 11.1. The van der Waals surface area contributed by atoms with Crippen LogP contribution in [-0.2, 0) is 6.54 Å². The molecule has 0 amide bonds. The van der Waals surface area contributed by atoms with Crippen LogP contribution in [-0.4, -0.2) is 32.3 Å². The minimum Gasteiger partial charge on any atom is -0.478 e.